The van der Waals surface area contributed by atoms with Crippen molar-refractivity contribution in [1.29, 1.82) is 0 Å². The number of methoxy groups -OCH3 is 1. The number of hydrogen-bond acceptors (Lipinski definition) is 4. The number of nitrogens with one attached hydrogen (secondary N) is 1. The fourth-order valence-corrected chi connectivity index (χ4v) is 4.59. The fourth-order valence-electron chi connectivity index (χ4n) is 4.28. The van der Waals surface area contributed by atoms with Gasteiger partial charge >= 0.3 is 0 Å². The summed E-state index contributed by atoms with van der Waals surface area (Å²) in [5, 5.41) is 18.9. The average Bonchev–Trinajstić information content (AvgIpc) is 3.23. The third-order valence-corrected chi connectivity index (χ3v) is 6.31. The Morgan fingerprint density at radius 3 is 2.65 bits per heavy atom. The van der Waals surface area contributed by atoms with E-state index in [1.807, 2.05) is 26.0 Å². The molecule has 2 aromatic carbocycles. The zero-order valence-corrected chi connectivity index (χ0v) is 19.0. The van der Waals surface area contributed by atoms with Crippen LogP contribution in [-0.4, -0.2) is 46.4 Å². The Morgan fingerprint density at radius 1 is 1.19 bits per heavy atom. The van der Waals surface area contributed by atoms with E-state index >= 15 is 0 Å². The first-order valence-corrected chi connectivity index (χ1v) is 10.7. The lowest BCUT2D eigenvalue weighted by molar-refractivity contribution is 0.0723. The monoisotopic (exact) mass is 459 g/mol. The molecule has 0 saturated carbocycles. The van der Waals surface area contributed by atoms with Gasteiger partial charge in [-0.05, 0) is 55.2 Å². The second kappa shape index (κ2) is 8.54. The first-order chi connectivity index (χ1) is 14.8. The van der Waals surface area contributed by atoms with Crippen molar-refractivity contribution in [2.24, 2.45) is 0 Å². The molecule has 1 amide bonds. The van der Waals surface area contributed by atoms with Gasteiger partial charge in [0.05, 0.1) is 16.1 Å². The van der Waals surface area contributed by atoms with E-state index in [9.17, 15) is 9.90 Å². The number of aromatic hydroxyl groups is 1. The van der Waals surface area contributed by atoms with Gasteiger partial charge in [-0.25, -0.2) is 0 Å². The number of aromatic nitrogens is 2. The second-order valence-corrected chi connectivity index (χ2v) is 8.57. The number of fused-ring (bicyclic) bond motifs is 1. The molecule has 0 bridgehead atoms. The minimum Gasteiger partial charge on any atom is -0.507 e. The number of aromatic amines is 1. The topological polar surface area (TPSA) is 78.5 Å². The molecule has 2 heterocycles. The number of H-pyrrole nitrogens is 1. The third-order valence-electron chi connectivity index (χ3n) is 5.57. The predicted molar refractivity (Wildman–Crippen MR) is 121 cm³/mol. The number of amides is 1. The Morgan fingerprint density at radius 2 is 1.97 bits per heavy atom. The van der Waals surface area contributed by atoms with Crippen molar-refractivity contribution in [3.63, 3.8) is 0 Å². The van der Waals surface area contributed by atoms with E-state index in [-0.39, 0.29) is 11.7 Å². The lowest BCUT2D eigenvalue weighted by Crippen LogP contribution is -2.31. The van der Waals surface area contributed by atoms with E-state index in [0.717, 1.165) is 22.3 Å². The first kappa shape index (κ1) is 21.7. The van der Waals surface area contributed by atoms with Gasteiger partial charge in [-0.2, -0.15) is 5.10 Å². The molecule has 162 valence electrons. The van der Waals surface area contributed by atoms with Crippen LogP contribution in [0.2, 0.25) is 10.0 Å². The molecule has 4 rings (SSSR count). The van der Waals surface area contributed by atoms with Crippen LogP contribution in [0.5, 0.6) is 5.75 Å². The molecular weight excluding hydrogens is 437 g/mol. The Labute approximate surface area is 190 Å². The van der Waals surface area contributed by atoms with E-state index in [4.69, 9.17) is 27.9 Å². The van der Waals surface area contributed by atoms with Crippen LogP contribution in [0.1, 0.15) is 45.2 Å². The highest BCUT2D eigenvalue weighted by Gasteiger charge is 2.42. The molecule has 3 aromatic rings. The third kappa shape index (κ3) is 3.80. The van der Waals surface area contributed by atoms with Crippen molar-refractivity contribution in [2.75, 3.05) is 20.3 Å². The molecule has 0 saturated heterocycles. The van der Waals surface area contributed by atoms with Crippen molar-refractivity contribution in [3.8, 4) is 17.0 Å². The first-order valence-electron chi connectivity index (χ1n) is 9.97. The molecule has 6 nitrogen and oxygen atoms in total. The molecule has 1 unspecified atom stereocenters. The SMILES string of the molecule is COCCCN1C(=O)c2[nH]nc(-c3c(C)cc(C)cc3O)c2C1c1ccc(Cl)c(Cl)c1. The number of phenols is 1. The summed E-state index contributed by atoms with van der Waals surface area (Å²) in [5.74, 6) is -0.0184. The average molecular weight is 460 g/mol. The molecule has 1 aromatic heterocycles. The molecule has 0 fully saturated rings. The molecule has 1 aliphatic rings. The van der Waals surface area contributed by atoms with Gasteiger partial charge in [0.2, 0.25) is 0 Å². The van der Waals surface area contributed by atoms with Crippen molar-refractivity contribution in [2.45, 2.75) is 26.3 Å². The van der Waals surface area contributed by atoms with Crippen LogP contribution in [0.25, 0.3) is 11.3 Å². The minimum atomic E-state index is -0.414. The zero-order chi connectivity index (χ0) is 22.3. The van der Waals surface area contributed by atoms with Crippen LogP contribution in [0, 0.1) is 13.8 Å². The number of ether oxygens (including phenoxy) is 1. The van der Waals surface area contributed by atoms with Crippen LogP contribution in [0.15, 0.2) is 30.3 Å². The summed E-state index contributed by atoms with van der Waals surface area (Å²) in [5.41, 5.74) is 4.97. The number of aryl methyl sites for hydroxylation is 2. The van der Waals surface area contributed by atoms with E-state index in [2.05, 4.69) is 10.2 Å². The Hall–Kier alpha value is -2.54. The minimum absolute atomic E-state index is 0.130. The molecule has 1 atom stereocenters. The summed E-state index contributed by atoms with van der Waals surface area (Å²) in [6, 6.07) is 8.64. The number of carbonyl (C=O) groups excluding carboxylic acids is 1. The molecule has 2 N–H and O–H groups in total. The summed E-state index contributed by atoms with van der Waals surface area (Å²) < 4.78 is 5.18. The van der Waals surface area contributed by atoms with Crippen molar-refractivity contribution < 1.29 is 14.6 Å². The number of carbonyl (C=O) groups is 1. The van der Waals surface area contributed by atoms with E-state index in [0.29, 0.717) is 46.6 Å². The van der Waals surface area contributed by atoms with Gasteiger partial charge in [0.25, 0.3) is 5.91 Å². The molecule has 8 heteroatoms. The molecule has 31 heavy (non-hydrogen) atoms. The van der Waals surface area contributed by atoms with Gasteiger partial charge in [0.1, 0.15) is 17.1 Å². The van der Waals surface area contributed by atoms with Crippen LogP contribution in [0.4, 0.5) is 0 Å². The summed E-state index contributed by atoms with van der Waals surface area (Å²) >= 11 is 12.4. The number of phenolic OH excluding ortho intramolecular Hbond substituents is 1. The standard InChI is InChI=1S/C23H23Cl2N3O3/c1-12-9-13(2)18(17(29)10-12)20-19-21(27-26-20)23(30)28(7-4-8-31-3)22(19)14-5-6-15(24)16(25)11-14/h5-6,9-11,22,29H,4,7-8H2,1-3H3,(H,26,27). The highest BCUT2D eigenvalue weighted by atomic mass is 35.5. The van der Waals surface area contributed by atoms with Crippen LogP contribution < -0.4 is 0 Å². The van der Waals surface area contributed by atoms with Crippen LogP contribution >= 0.6 is 23.2 Å². The van der Waals surface area contributed by atoms with E-state index in [1.54, 1.807) is 30.2 Å². The number of halogens is 2. The lowest BCUT2D eigenvalue weighted by atomic mass is 9.93. The Balaban J connectivity index is 1.89. The molecule has 0 aliphatic carbocycles. The molecule has 0 radical (unpaired) electrons. The maximum Gasteiger partial charge on any atom is 0.273 e. The van der Waals surface area contributed by atoms with E-state index < -0.39 is 6.04 Å². The van der Waals surface area contributed by atoms with Gasteiger partial charge in [-0.15, -0.1) is 0 Å². The zero-order valence-electron chi connectivity index (χ0n) is 17.5. The molecule has 1 aliphatic heterocycles. The van der Waals surface area contributed by atoms with Crippen LogP contribution in [-0.2, 0) is 4.74 Å². The summed E-state index contributed by atoms with van der Waals surface area (Å²) in [6.45, 7) is 4.88. The van der Waals surface area contributed by atoms with Crippen molar-refractivity contribution >= 4 is 29.1 Å². The Kier molecular flexibility index (Phi) is 5.97. The maximum absolute atomic E-state index is 13.3. The van der Waals surface area contributed by atoms with Gasteiger partial charge in [-0.3, -0.25) is 9.89 Å². The second-order valence-electron chi connectivity index (χ2n) is 7.76. The summed E-state index contributed by atoms with van der Waals surface area (Å²) in [4.78, 5) is 15.1. The highest BCUT2D eigenvalue weighted by Crippen LogP contribution is 2.46. The van der Waals surface area contributed by atoms with E-state index in [1.165, 1.54) is 0 Å². The van der Waals surface area contributed by atoms with Gasteiger partial charge in [-0.1, -0.05) is 35.3 Å². The van der Waals surface area contributed by atoms with Gasteiger partial charge < -0.3 is 14.7 Å². The number of benzene rings is 2. The molecule has 0 spiro atoms. The summed E-state index contributed by atoms with van der Waals surface area (Å²) in [7, 11) is 1.63. The normalized spacial score (nSPS) is 15.6. The number of rotatable bonds is 6. The predicted octanol–water partition coefficient (Wildman–Crippen LogP) is 5.29. The summed E-state index contributed by atoms with van der Waals surface area (Å²) in [6.07, 6.45) is 0.682. The largest absolute Gasteiger partial charge is 0.507 e. The quantitative estimate of drug-likeness (QED) is 0.490. The molecular formula is C23H23Cl2N3O3. The Bertz CT molecular complexity index is 1140. The maximum atomic E-state index is 13.3. The number of nitrogens with zero attached hydrogens (tertiary/aromatic N) is 2. The number of hydrogen-bond donors (Lipinski definition) is 2. The highest BCUT2D eigenvalue weighted by molar-refractivity contribution is 6.42. The van der Waals surface area contributed by atoms with Crippen molar-refractivity contribution in [3.05, 3.63) is 68.3 Å². The van der Waals surface area contributed by atoms with Gasteiger partial charge in [0, 0.05) is 31.4 Å². The lowest BCUT2D eigenvalue weighted by Gasteiger charge is -2.27. The van der Waals surface area contributed by atoms with Crippen molar-refractivity contribution in [1.82, 2.24) is 15.1 Å². The fraction of sp³-hybridized carbons (Fsp3) is 0.304. The smallest absolute Gasteiger partial charge is 0.273 e. The van der Waals surface area contributed by atoms with Crippen LogP contribution in [0.3, 0.4) is 0 Å². The van der Waals surface area contributed by atoms with Gasteiger partial charge in [0.15, 0.2) is 0 Å².